The summed E-state index contributed by atoms with van der Waals surface area (Å²) in [6.07, 6.45) is 3.28. The van der Waals surface area contributed by atoms with Gasteiger partial charge in [-0.1, -0.05) is 12.1 Å². The van der Waals surface area contributed by atoms with Gasteiger partial charge in [0.1, 0.15) is 0 Å². The molecule has 1 aromatic rings. The van der Waals surface area contributed by atoms with Crippen molar-refractivity contribution in [2.45, 2.75) is 5.92 Å². The Bertz CT molecular complexity index is 751. The van der Waals surface area contributed by atoms with Gasteiger partial charge in [0, 0.05) is 31.6 Å². The number of benzene rings is 1. The number of hydrogen-bond donors (Lipinski definition) is 0. The van der Waals surface area contributed by atoms with Gasteiger partial charge in [0.05, 0.1) is 52.1 Å². The van der Waals surface area contributed by atoms with Crippen molar-refractivity contribution in [3.8, 4) is 11.5 Å². The highest BCUT2D eigenvalue weighted by molar-refractivity contribution is 5.99. The summed E-state index contributed by atoms with van der Waals surface area (Å²) < 4.78 is 25.9. The molecule has 28 heavy (non-hydrogen) atoms. The Balaban J connectivity index is 2.67. The Morgan fingerprint density at radius 2 is 1.54 bits per heavy atom. The lowest BCUT2D eigenvalue weighted by Gasteiger charge is -2.30. The molecule has 0 saturated heterocycles. The molecule has 1 aliphatic rings. The maximum absolute atomic E-state index is 12.6. The van der Waals surface area contributed by atoms with Gasteiger partial charge in [0.15, 0.2) is 11.5 Å². The largest absolute Gasteiger partial charge is 0.493 e. The first-order valence-electron chi connectivity index (χ1n) is 8.57. The average molecular weight is 391 g/mol. The van der Waals surface area contributed by atoms with Crippen molar-refractivity contribution in [2.24, 2.45) is 0 Å². The number of nitrogens with zero attached hydrogens (tertiary/aromatic N) is 1. The highest BCUT2D eigenvalue weighted by Gasteiger charge is 2.37. The van der Waals surface area contributed by atoms with Gasteiger partial charge < -0.3 is 28.6 Å². The van der Waals surface area contributed by atoms with Gasteiger partial charge in [0.2, 0.25) is 0 Å². The maximum Gasteiger partial charge on any atom is 0.336 e. The number of methoxy groups -OCH3 is 5. The predicted molar refractivity (Wildman–Crippen MR) is 101 cm³/mol. The molecule has 152 valence electrons. The van der Waals surface area contributed by atoms with Gasteiger partial charge in [-0.15, -0.1) is 0 Å². The first kappa shape index (κ1) is 21.3. The molecule has 0 atom stereocenters. The van der Waals surface area contributed by atoms with E-state index in [2.05, 4.69) is 0 Å². The van der Waals surface area contributed by atoms with Crippen LogP contribution < -0.4 is 9.47 Å². The minimum atomic E-state index is -0.747. The van der Waals surface area contributed by atoms with Gasteiger partial charge in [-0.3, -0.25) is 0 Å². The van der Waals surface area contributed by atoms with Crippen LogP contribution in [0.5, 0.6) is 11.5 Å². The van der Waals surface area contributed by atoms with Gasteiger partial charge in [0.25, 0.3) is 0 Å². The van der Waals surface area contributed by atoms with Gasteiger partial charge in [-0.2, -0.15) is 0 Å². The average Bonchev–Trinajstić information content (AvgIpc) is 2.74. The molecule has 0 radical (unpaired) electrons. The normalized spacial score (nSPS) is 14.1. The van der Waals surface area contributed by atoms with Crippen LogP contribution in [-0.4, -0.2) is 65.5 Å². The SMILES string of the molecule is COCCN1C=C(C(=O)OC)C(c2cccc(OC)c2OC)C(C(=O)OC)=C1. The highest BCUT2D eigenvalue weighted by atomic mass is 16.5. The number of carbonyl (C=O) groups is 2. The smallest absolute Gasteiger partial charge is 0.336 e. The zero-order valence-electron chi connectivity index (χ0n) is 16.7. The summed E-state index contributed by atoms with van der Waals surface area (Å²) in [6, 6.07) is 5.27. The van der Waals surface area contributed by atoms with Crippen LogP contribution in [-0.2, 0) is 23.8 Å². The second-order valence-corrected chi connectivity index (χ2v) is 5.90. The van der Waals surface area contributed by atoms with Gasteiger partial charge in [-0.25, -0.2) is 9.59 Å². The molecule has 0 unspecified atom stereocenters. The fraction of sp³-hybridized carbons (Fsp3) is 0.400. The molecular formula is C20H25NO7. The van der Waals surface area contributed by atoms with E-state index in [4.69, 9.17) is 23.7 Å². The quantitative estimate of drug-likeness (QED) is 0.621. The third-order valence-electron chi connectivity index (χ3n) is 4.37. The van der Waals surface area contributed by atoms with Gasteiger partial charge in [-0.05, 0) is 6.07 Å². The summed E-state index contributed by atoms with van der Waals surface area (Å²) in [5, 5.41) is 0. The maximum atomic E-state index is 12.6. The lowest BCUT2D eigenvalue weighted by molar-refractivity contribution is -0.137. The van der Waals surface area contributed by atoms with E-state index in [1.54, 1.807) is 42.6 Å². The Hall–Kier alpha value is -3.00. The summed E-state index contributed by atoms with van der Waals surface area (Å²) in [5.41, 5.74) is 1.13. The minimum Gasteiger partial charge on any atom is -0.493 e. The van der Waals surface area contributed by atoms with E-state index < -0.39 is 17.9 Å². The minimum absolute atomic E-state index is 0.271. The van der Waals surface area contributed by atoms with E-state index in [0.717, 1.165) is 0 Å². The number of hydrogen-bond acceptors (Lipinski definition) is 8. The molecule has 0 saturated carbocycles. The van der Waals surface area contributed by atoms with Crippen LogP contribution in [0.15, 0.2) is 41.7 Å². The van der Waals surface area contributed by atoms with E-state index in [9.17, 15) is 9.59 Å². The van der Waals surface area contributed by atoms with Crippen molar-refractivity contribution in [3.63, 3.8) is 0 Å². The second-order valence-electron chi connectivity index (χ2n) is 5.90. The summed E-state index contributed by atoms with van der Waals surface area (Å²) >= 11 is 0. The topological polar surface area (TPSA) is 83.5 Å². The standard InChI is InChI=1S/C20H25NO7/c1-24-10-9-21-11-14(19(22)27-4)17(15(12-21)20(23)28-5)13-7-6-8-16(25-2)18(13)26-3/h6-8,11-12,17H,9-10H2,1-5H3. The summed E-state index contributed by atoms with van der Waals surface area (Å²) in [6.45, 7) is 0.850. The van der Waals surface area contributed by atoms with E-state index in [-0.39, 0.29) is 11.1 Å². The number of ether oxygens (including phenoxy) is 5. The van der Waals surface area contributed by atoms with Crippen molar-refractivity contribution in [2.75, 3.05) is 48.7 Å². The Kier molecular flexibility index (Phi) is 7.45. The molecule has 8 nitrogen and oxygen atoms in total. The van der Waals surface area contributed by atoms with E-state index >= 15 is 0 Å². The van der Waals surface area contributed by atoms with Crippen LogP contribution in [0, 0.1) is 0 Å². The van der Waals surface area contributed by atoms with Crippen LogP contribution in [0.2, 0.25) is 0 Å². The first-order valence-corrected chi connectivity index (χ1v) is 8.57. The number of esters is 2. The second kappa shape index (κ2) is 9.80. The van der Waals surface area contributed by atoms with E-state index in [1.165, 1.54) is 28.4 Å². The molecule has 8 heteroatoms. The monoisotopic (exact) mass is 391 g/mol. The van der Waals surface area contributed by atoms with Crippen molar-refractivity contribution >= 4 is 11.9 Å². The summed E-state index contributed by atoms with van der Waals surface area (Å²) in [4.78, 5) is 26.9. The fourth-order valence-corrected chi connectivity index (χ4v) is 3.09. The molecule has 1 aliphatic heterocycles. The number of carbonyl (C=O) groups excluding carboxylic acids is 2. The number of rotatable bonds is 8. The Morgan fingerprint density at radius 1 is 0.929 bits per heavy atom. The molecule has 1 heterocycles. The lowest BCUT2D eigenvalue weighted by Crippen LogP contribution is -2.30. The highest BCUT2D eigenvalue weighted by Crippen LogP contribution is 2.44. The Labute approximate surface area is 164 Å². The zero-order valence-corrected chi connectivity index (χ0v) is 16.7. The van der Waals surface area contributed by atoms with Crippen LogP contribution in [0.3, 0.4) is 0 Å². The molecular weight excluding hydrogens is 366 g/mol. The van der Waals surface area contributed by atoms with Crippen LogP contribution in [0.25, 0.3) is 0 Å². The van der Waals surface area contributed by atoms with Crippen molar-refractivity contribution < 1.29 is 33.3 Å². The number of para-hydroxylation sites is 1. The molecule has 0 aliphatic carbocycles. The van der Waals surface area contributed by atoms with Crippen molar-refractivity contribution in [3.05, 3.63) is 47.3 Å². The molecule has 0 fully saturated rings. The van der Waals surface area contributed by atoms with Crippen LogP contribution in [0.4, 0.5) is 0 Å². The predicted octanol–water partition coefficient (Wildman–Crippen LogP) is 1.86. The van der Waals surface area contributed by atoms with Crippen LogP contribution >= 0.6 is 0 Å². The molecule has 0 N–H and O–H groups in total. The molecule has 0 spiro atoms. The summed E-state index contributed by atoms with van der Waals surface area (Å²) in [5.74, 6) is -0.970. The first-order chi connectivity index (χ1) is 13.5. The molecule has 2 rings (SSSR count). The van der Waals surface area contributed by atoms with Crippen LogP contribution in [0.1, 0.15) is 11.5 Å². The molecule has 0 amide bonds. The van der Waals surface area contributed by atoms with Crippen molar-refractivity contribution in [1.82, 2.24) is 4.90 Å². The molecule has 0 bridgehead atoms. The van der Waals surface area contributed by atoms with Gasteiger partial charge >= 0.3 is 11.9 Å². The van der Waals surface area contributed by atoms with Crippen molar-refractivity contribution in [1.29, 1.82) is 0 Å². The zero-order chi connectivity index (χ0) is 20.7. The molecule has 1 aromatic carbocycles. The Morgan fingerprint density at radius 3 is 2.00 bits per heavy atom. The summed E-state index contributed by atoms with van der Waals surface area (Å²) in [7, 11) is 7.17. The fourth-order valence-electron chi connectivity index (χ4n) is 3.09. The lowest BCUT2D eigenvalue weighted by atomic mass is 9.82. The van der Waals surface area contributed by atoms with E-state index in [1.807, 2.05) is 0 Å². The third-order valence-corrected chi connectivity index (χ3v) is 4.37. The molecule has 0 aromatic heterocycles. The third kappa shape index (κ3) is 4.28. The van der Waals surface area contributed by atoms with E-state index in [0.29, 0.717) is 30.2 Å².